The minimum absolute atomic E-state index is 0. The van der Waals surface area contributed by atoms with Crippen LogP contribution in [0.15, 0.2) is 15.9 Å². The molecule has 0 unspecified atom stereocenters. The summed E-state index contributed by atoms with van der Waals surface area (Å²) in [6, 6.07) is 3.01. The molecule has 0 bridgehead atoms. The standard InChI is InChI=1S/C8H9BrF3NS.ClH/c9-7-2-1-6(14-7)5(13)3-4-8(10,11)12;/h1-2,5H,3-4,13H2;1H/t5-;/m0./s1. The Labute approximate surface area is 104 Å². The first kappa shape index (κ1) is 15.2. The van der Waals surface area contributed by atoms with E-state index in [1.807, 2.05) is 0 Å². The summed E-state index contributed by atoms with van der Waals surface area (Å²) in [6.45, 7) is 0. The van der Waals surface area contributed by atoms with E-state index >= 15 is 0 Å². The van der Waals surface area contributed by atoms with Crippen LogP contribution in [-0.2, 0) is 0 Å². The van der Waals surface area contributed by atoms with E-state index < -0.39 is 18.6 Å². The lowest BCUT2D eigenvalue weighted by molar-refractivity contribution is -0.136. The molecule has 0 radical (unpaired) electrons. The first-order valence-electron chi connectivity index (χ1n) is 3.96. The Hall–Kier alpha value is 0.220. The van der Waals surface area contributed by atoms with Gasteiger partial charge in [-0.1, -0.05) is 0 Å². The molecule has 1 aromatic heterocycles. The van der Waals surface area contributed by atoms with Gasteiger partial charge in [0.05, 0.1) is 3.79 Å². The maximum absolute atomic E-state index is 11.9. The van der Waals surface area contributed by atoms with Gasteiger partial charge in [0, 0.05) is 17.3 Å². The highest BCUT2D eigenvalue weighted by Crippen LogP contribution is 2.31. The summed E-state index contributed by atoms with van der Waals surface area (Å²) in [5.41, 5.74) is 5.61. The minimum Gasteiger partial charge on any atom is -0.323 e. The maximum atomic E-state index is 11.9. The van der Waals surface area contributed by atoms with E-state index in [1.54, 1.807) is 12.1 Å². The van der Waals surface area contributed by atoms with Crippen molar-refractivity contribution in [3.8, 4) is 0 Å². The number of hydrogen-bond acceptors (Lipinski definition) is 2. The molecule has 7 heteroatoms. The van der Waals surface area contributed by atoms with Gasteiger partial charge >= 0.3 is 6.18 Å². The topological polar surface area (TPSA) is 26.0 Å². The molecule has 0 aliphatic rings. The van der Waals surface area contributed by atoms with E-state index in [-0.39, 0.29) is 18.8 Å². The SMILES string of the molecule is Cl.N[C@@H](CCC(F)(F)F)c1ccc(Br)s1. The molecule has 15 heavy (non-hydrogen) atoms. The van der Waals surface area contributed by atoms with Crippen molar-refractivity contribution in [1.29, 1.82) is 0 Å². The highest BCUT2D eigenvalue weighted by atomic mass is 79.9. The minimum atomic E-state index is -4.12. The van der Waals surface area contributed by atoms with E-state index in [0.29, 0.717) is 0 Å². The van der Waals surface area contributed by atoms with Crippen molar-refractivity contribution >= 4 is 39.7 Å². The predicted octanol–water partition coefficient (Wildman–Crippen LogP) is 4.27. The van der Waals surface area contributed by atoms with E-state index in [0.717, 1.165) is 8.66 Å². The maximum Gasteiger partial charge on any atom is 0.389 e. The largest absolute Gasteiger partial charge is 0.389 e. The van der Waals surface area contributed by atoms with Crippen LogP contribution in [0.5, 0.6) is 0 Å². The molecular formula is C8H10BrClF3NS. The smallest absolute Gasteiger partial charge is 0.323 e. The molecule has 1 heterocycles. The van der Waals surface area contributed by atoms with Crippen LogP contribution in [0.25, 0.3) is 0 Å². The van der Waals surface area contributed by atoms with Gasteiger partial charge in [0.25, 0.3) is 0 Å². The van der Waals surface area contributed by atoms with Crippen LogP contribution in [0.4, 0.5) is 13.2 Å². The summed E-state index contributed by atoms with van der Waals surface area (Å²) in [7, 11) is 0. The van der Waals surface area contributed by atoms with Crippen LogP contribution in [0.1, 0.15) is 23.8 Å². The van der Waals surface area contributed by atoms with Crippen molar-refractivity contribution in [2.45, 2.75) is 25.1 Å². The van der Waals surface area contributed by atoms with Crippen LogP contribution >= 0.6 is 39.7 Å². The second-order valence-corrected chi connectivity index (χ2v) is 5.40. The first-order chi connectivity index (χ1) is 6.38. The summed E-state index contributed by atoms with van der Waals surface area (Å²) < 4.78 is 36.5. The van der Waals surface area contributed by atoms with Gasteiger partial charge in [-0.2, -0.15) is 13.2 Å². The summed E-state index contributed by atoms with van der Waals surface area (Å²) in [6.07, 6.45) is -5.01. The molecule has 0 saturated carbocycles. The zero-order valence-electron chi connectivity index (χ0n) is 7.55. The van der Waals surface area contributed by atoms with Crippen LogP contribution in [-0.4, -0.2) is 6.18 Å². The third kappa shape index (κ3) is 5.75. The van der Waals surface area contributed by atoms with Gasteiger partial charge in [0.1, 0.15) is 0 Å². The Balaban J connectivity index is 0.00000196. The van der Waals surface area contributed by atoms with Gasteiger partial charge in [-0.25, -0.2) is 0 Å². The van der Waals surface area contributed by atoms with Gasteiger partial charge in [-0.15, -0.1) is 23.7 Å². The average molecular weight is 325 g/mol. The quantitative estimate of drug-likeness (QED) is 0.882. The van der Waals surface area contributed by atoms with Gasteiger partial charge < -0.3 is 5.73 Å². The molecule has 0 amide bonds. The highest BCUT2D eigenvalue weighted by Gasteiger charge is 2.28. The lowest BCUT2D eigenvalue weighted by Gasteiger charge is -2.11. The van der Waals surface area contributed by atoms with Crippen molar-refractivity contribution in [2.24, 2.45) is 5.73 Å². The Morgan fingerprint density at radius 1 is 1.40 bits per heavy atom. The molecule has 0 aliphatic heterocycles. The van der Waals surface area contributed by atoms with Gasteiger partial charge in [0.15, 0.2) is 0 Å². The lowest BCUT2D eigenvalue weighted by atomic mass is 10.1. The fraction of sp³-hybridized carbons (Fsp3) is 0.500. The Kier molecular flexibility index (Phi) is 6.17. The molecule has 1 atom stereocenters. The Morgan fingerprint density at radius 3 is 2.40 bits per heavy atom. The Bertz CT molecular complexity index is 302. The van der Waals surface area contributed by atoms with Crippen molar-refractivity contribution in [3.05, 3.63) is 20.8 Å². The van der Waals surface area contributed by atoms with Crippen LogP contribution in [0.2, 0.25) is 0 Å². The molecule has 1 aromatic rings. The zero-order valence-corrected chi connectivity index (χ0v) is 10.8. The van der Waals surface area contributed by atoms with E-state index in [4.69, 9.17) is 5.73 Å². The number of thiophene rings is 1. The Morgan fingerprint density at radius 2 is 2.00 bits per heavy atom. The third-order valence-corrected chi connectivity index (χ3v) is 3.45. The molecule has 0 fully saturated rings. The number of halogens is 5. The number of rotatable bonds is 3. The molecule has 2 N–H and O–H groups in total. The molecule has 88 valence electrons. The normalized spacial score (nSPS) is 13.4. The molecule has 0 saturated heterocycles. The van der Waals surface area contributed by atoms with Gasteiger partial charge in [-0.05, 0) is 34.5 Å². The summed E-state index contributed by atoms with van der Waals surface area (Å²) in [5, 5.41) is 0. The second kappa shape index (κ2) is 6.08. The first-order valence-corrected chi connectivity index (χ1v) is 5.57. The van der Waals surface area contributed by atoms with E-state index in [2.05, 4.69) is 15.9 Å². The van der Waals surface area contributed by atoms with E-state index in [1.165, 1.54) is 11.3 Å². The monoisotopic (exact) mass is 323 g/mol. The summed E-state index contributed by atoms with van der Waals surface area (Å²) in [5.74, 6) is 0. The van der Waals surface area contributed by atoms with Crippen molar-refractivity contribution in [2.75, 3.05) is 0 Å². The molecule has 0 spiro atoms. The highest BCUT2D eigenvalue weighted by molar-refractivity contribution is 9.11. The van der Waals surface area contributed by atoms with Crippen LogP contribution in [0.3, 0.4) is 0 Å². The van der Waals surface area contributed by atoms with Crippen molar-refractivity contribution < 1.29 is 13.2 Å². The number of nitrogens with two attached hydrogens (primary N) is 1. The van der Waals surface area contributed by atoms with Gasteiger partial charge in [-0.3, -0.25) is 0 Å². The van der Waals surface area contributed by atoms with Gasteiger partial charge in [0.2, 0.25) is 0 Å². The molecule has 1 nitrogen and oxygen atoms in total. The molecular weight excluding hydrogens is 315 g/mol. The zero-order chi connectivity index (χ0) is 10.8. The molecule has 0 aromatic carbocycles. The van der Waals surface area contributed by atoms with E-state index in [9.17, 15) is 13.2 Å². The predicted molar refractivity (Wildman–Crippen MR) is 61.5 cm³/mol. The fourth-order valence-electron chi connectivity index (χ4n) is 0.989. The lowest BCUT2D eigenvalue weighted by Crippen LogP contribution is -2.14. The van der Waals surface area contributed by atoms with Crippen LogP contribution in [0, 0.1) is 0 Å². The average Bonchev–Trinajstić information content (AvgIpc) is 2.46. The summed E-state index contributed by atoms with van der Waals surface area (Å²) >= 11 is 4.60. The summed E-state index contributed by atoms with van der Waals surface area (Å²) in [4.78, 5) is 0.779. The van der Waals surface area contributed by atoms with Crippen molar-refractivity contribution in [3.63, 3.8) is 0 Å². The fourth-order valence-corrected chi connectivity index (χ4v) is 2.45. The number of hydrogen-bond donors (Lipinski definition) is 1. The number of alkyl halides is 3. The van der Waals surface area contributed by atoms with Crippen molar-refractivity contribution in [1.82, 2.24) is 0 Å². The van der Waals surface area contributed by atoms with Crippen LogP contribution < -0.4 is 5.73 Å². The second-order valence-electron chi connectivity index (χ2n) is 2.90. The molecule has 0 aliphatic carbocycles. The third-order valence-electron chi connectivity index (χ3n) is 1.70. The molecule has 1 rings (SSSR count).